The maximum atomic E-state index is 12.7. The van der Waals surface area contributed by atoms with E-state index < -0.39 is 6.04 Å². The van der Waals surface area contributed by atoms with E-state index in [4.69, 9.17) is 9.47 Å². The van der Waals surface area contributed by atoms with Crippen molar-refractivity contribution >= 4 is 11.9 Å². The number of amides is 3. The normalized spacial score (nSPS) is 30.1. The van der Waals surface area contributed by atoms with Crippen LogP contribution in [0.4, 0.5) is 4.79 Å². The van der Waals surface area contributed by atoms with Gasteiger partial charge in [0.05, 0.1) is 38.5 Å². The van der Waals surface area contributed by atoms with Crippen LogP contribution in [0.15, 0.2) is 30.3 Å². The number of nitrogens with zero attached hydrogens (tertiary/aromatic N) is 2. The molecule has 3 unspecified atom stereocenters. The quantitative estimate of drug-likeness (QED) is 0.572. The van der Waals surface area contributed by atoms with E-state index in [0.29, 0.717) is 32.7 Å². The Hall–Kier alpha value is -1.92. The van der Waals surface area contributed by atoms with Crippen LogP contribution < -0.4 is 0 Å². The first-order valence-corrected chi connectivity index (χ1v) is 7.61. The predicted octanol–water partition coefficient (Wildman–Crippen LogP) is 0.659. The van der Waals surface area contributed by atoms with Gasteiger partial charge in [0.15, 0.2) is 0 Å². The van der Waals surface area contributed by atoms with Gasteiger partial charge in [0.25, 0.3) is 5.91 Å². The van der Waals surface area contributed by atoms with Crippen LogP contribution in [0.5, 0.6) is 0 Å². The van der Waals surface area contributed by atoms with Gasteiger partial charge in [0.1, 0.15) is 6.04 Å². The van der Waals surface area contributed by atoms with Gasteiger partial charge in [-0.15, -0.1) is 0 Å². The average molecular weight is 302 g/mol. The van der Waals surface area contributed by atoms with Crippen LogP contribution in [0.25, 0.3) is 0 Å². The lowest BCUT2D eigenvalue weighted by molar-refractivity contribution is -0.128. The Kier molecular flexibility index (Phi) is 3.35. The Bertz CT molecular complexity index is 583. The molecule has 0 saturated carbocycles. The topological polar surface area (TPSA) is 65.7 Å². The number of carbonyl (C=O) groups is 2. The summed E-state index contributed by atoms with van der Waals surface area (Å²) in [6.45, 7) is 2.16. The van der Waals surface area contributed by atoms with Crippen LogP contribution in [0.1, 0.15) is 5.56 Å². The van der Waals surface area contributed by atoms with Gasteiger partial charge < -0.3 is 14.4 Å². The van der Waals surface area contributed by atoms with E-state index in [9.17, 15) is 9.59 Å². The van der Waals surface area contributed by atoms with Crippen molar-refractivity contribution < 1.29 is 19.1 Å². The van der Waals surface area contributed by atoms with Crippen LogP contribution in [0, 0.1) is 0 Å². The van der Waals surface area contributed by atoms with Crippen molar-refractivity contribution in [2.24, 2.45) is 0 Å². The molecule has 0 spiro atoms. The number of hydrogen-bond acceptors (Lipinski definition) is 4. The molecule has 6 heteroatoms. The second-order valence-electron chi connectivity index (χ2n) is 6.00. The molecule has 3 saturated heterocycles. The molecule has 22 heavy (non-hydrogen) atoms. The molecular weight excluding hydrogens is 284 g/mol. The molecule has 1 aromatic rings. The standard InChI is InChI=1S/C16H18N2O4/c19-15-14(6-11-4-2-1-3-5-11)17(7-12-9-21-12)16(20)18(15)8-13-10-22-13/h1-5,12-14H,6-10H2. The van der Waals surface area contributed by atoms with Crippen molar-refractivity contribution in [3.05, 3.63) is 35.9 Å². The van der Waals surface area contributed by atoms with E-state index in [0.717, 1.165) is 5.56 Å². The number of benzene rings is 1. The highest BCUT2D eigenvalue weighted by molar-refractivity contribution is 6.04. The fraction of sp³-hybridized carbons (Fsp3) is 0.500. The van der Waals surface area contributed by atoms with Gasteiger partial charge >= 0.3 is 6.03 Å². The molecule has 3 aliphatic heterocycles. The fourth-order valence-corrected chi connectivity index (χ4v) is 2.87. The molecule has 0 aromatic heterocycles. The minimum Gasteiger partial charge on any atom is -0.371 e. The summed E-state index contributed by atoms with van der Waals surface area (Å²) in [5.74, 6) is -0.120. The number of carbonyl (C=O) groups excluding carboxylic acids is 2. The Labute approximate surface area is 128 Å². The van der Waals surface area contributed by atoms with Gasteiger partial charge in [-0.25, -0.2) is 4.79 Å². The highest BCUT2D eigenvalue weighted by atomic mass is 16.6. The van der Waals surface area contributed by atoms with E-state index in [1.807, 2.05) is 30.3 Å². The van der Waals surface area contributed by atoms with Gasteiger partial charge in [0, 0.05) is 6.42 Å². The van der Waals surface area contributed by atoms with Crippen LogP contribution in [0.3, 0.4) is 0 Å². The summed E-state index contributed by atoms with van der Waals surface area (Å²) in [5.41, 5.74) is 1.06. The minimum absolute atomic E-state index is 0.0161. The molecule has 116 valence electrons. The first-order valence-electron chi connectivity index (χ1n) is 7.61. The summed E-state index contributed by atoms with van der Waals surface area (Å²) in [6, 6.07) is 9.15. The zero-order valence-electron chi connectivity index (χ0n) is 12.2. The van der Waals surface area contributed by atoms with E-state index in [2.05, 4.69) is 0 Å². The monoisotopic (exact) mass is 302 g/mol. The Balaban J connectivity index is 1.54. The van der Waals surface area contributed by atoms with Crippen LogP contribution in [-0.2, 0) is 20.7 Å². The second kappa shape index (κ2) is 5.37. The second-order valence-corrected chi connectivity index (χ2v) is 6.00. The van der Waals surface area contributed by atoms with Crippen molar-refractivity contribution in [1.29, 1.82) is 0 Å². The molecule has 0 bridgehead atoms. The van der Waals surface area contributed by atoms with Gasteiger partial charge in [-0.2, -0.15) is 0 Å². The van der Waals surface area contributed by atoms with Crippen LogP contribution in [0.2, 0.25) is 0 Å². The minimum atomic E-state index is -0.433. The lowest BCUT2D eigenvalue weighted by atomic mass is 10.0. The van der Waals surface area contributed by atoms with Gasteiger partial charge in [-0.05, 0) is 5.56 Å². The molecule has 3 atom stereocenters. The molecule has 0 radical (unpaired) electrons. The summed E-state index contributed by atoms with van der Waals surface area (Å²) >= 11 is 0. The third-order valence-electron chi connectivity index (χ3n) is 4.27. The molecule has 3 amide bonds. The zero-order chi connectivity index (χ0) is 15.1. The molecule has 0 aliphatic carbocycles. The molecule has 3 heterocycles. The highest BCUT2D eigenvalue weighted by Crippen LogP contribution is 2.26. The lowest BCUT2D eigenvalue weighted by Crippen LogP contribution is -2.39. The summed E-state index contributed by atoms with van der Waals surface area (Å²) in [5, 5.41) is 0. The number of ether oxygens (including phenoxy) is 2. The number of imide groups is 1. The third kappa shape index (κ3) is 2.71. The number of epoxide rings is 2. The van der Waals surface area contributed by atoms with Crippen molar-refractivity contribution in [1.82, 2.24) is 9.80 Å². The molecular formula is C16H18N2O4. The summed E-state index contributed by atoms with van der Waals surface area (Å²) in [4.78, 5) is 28.2. The molecule has 3 aliphatic rings. The third-order valence-corrected chi connectivity index (χ3v) is 4.27. The Morgan fingerprint density at radius 1 is 1.00 bits per heavy atom. The van der Waals surface area contributed by atoms with E-state index in [1.54, 1.807) is 4.90 Å². The first-order chi connectivity index (χ1) is 10.7. The predicted molar refractivity (Wildman–Crippen MR) is 77.2 cm³/mol. The smallest absolute Gasteiger partial charge is 0.327 e. The Morgan fingerprint density at radius 3 is 2.27 bits per heavy atom. The molecule has 3 fully saturated rings. The zero-order valence-corrected chi connectivity index (χ0v) is 12.2. The van der Waals surface area contributed by atoms with Gasteiger partial charge in [-0.1, -0.05) is 30.3 Å². The summed E-state index contributed by atoms with van der Waals surface area (Å²) in [7, 11) is 0. The number of rotatable bonds is 6. The van der Waals surface area contributed by atoms with Crippen LogP contribution in [-0.4, -0.2) is 66.3 Å². The van der Waals surface area contributed by atoms with E-state index >= 15 is 0 Å². The molecule has 1 aromatic carbocycles. The van der Waals surface area contributed by atoms with Crippen molar-refractivity contribution in [3.8, 4) is 0 Å². The van der Waals surface area contributed by atoms with Crippen molar-refractivity contribution in [2.75, 3.05) is 26.3 Å². The van der Waals surface area contributed by atoms with Crippen molar-refractivity contribution in [3.63, 3.8) is 0 Å². The van der Waals surface area contributed by atoms with Gasteiger partial charge in [-0.3, -0.25) is 9.69 Å². The lowest BCUT2D eigenvalue weighted by Gasteiger charge is -2.20. The fourth-order valence-electron chi connectivity index (χ4n) is 2.87. The maximum absolute atomic E-state index is 12.7. The number of hydrogen-bond donors (Lipinski definition) is 0. The van der Waals surface area contributed by atoms with Gasteiger partial charge in [0.2, 0.25) is 0 Å². The molecule has 0 N–H and O–H groups in total. The average Bonchev–Trinajstić information content (AvgIpc) is 3.43. The summed E-state index contributed by atoms with van der Waals surface area (Å²) < 4.78 is 10.4. The van der Waals surface area contributed by atoms with Crippen LogP contribution >= 0.6 is 0 Å². The van der Waals surface area contributed by atoms with E-state index in [-0.39, 0.29) is 24.1 Å². The Morgan fingerprint density at radius 2 is 1.64 bits per heavy atom. The molecule has 6 nitrogen and oxygen atoms in total. The number of urea groups is 1. The van der Waals surface area contributed by atoms with Crippen molar-refractivity contribution in [2.45, 2.75) is 24.7 Å². The van der Waals surface area contributed by atoms with E-state index in [1.165, 1.54) is 4.90 Å². The largest absolute Gasteiger partial charge is 0.371 e. The summed E-state index contributed by atoms with van der Waals surface area (Å²) in [6.07, 6.45) is 0.634. The maximum Gasteiger partial charge on any atom is 0.327 e. The molecule has 4 rings (SSSR count). The SMILES string of the molecule is O=C1C(Cc2ccccc2)N(CC2CO2)C(=O)N1CC1CO1. The first kappa shape index (κ1) is 13.7. The highest BCUT2D eigenvalue weighted by Gasteiger charge is 2.48.